The Bertz CT molecular complexity index is 655. The molecule has 0 spiro atoms. The van der Waals surface area contributed by atoms with Crippen molar-refractivity contribution in [3.63, 3.8) is 0 Å². The third-order valence-corrected chi connectivity index (χ3v) is 7.50. The molecule has 0 aliphatic carbocycles. The van der Waals surface area contributed by atoms with Gasteiger partial charge in [0.2, 0.25) is 0 Å². The molecule has 12 nitrogen and oxygen atoms in total. The van der Waals surface area contributed by atoms with Gasteiger partial charge in [-0.15, -0.1) is 0 Å². The molecule has 3 rings (SSSR count). The first-order valence-corrected chi connectivity index (χ1v) is 15.2. The Labute approximate surface area is 267 Å². The molecule has 0 aromatic heterocycles. The standard InChI is InChI=1S/C18H39N5S3.C6H8O7.Ga/c24-16-13-21-7-1-19-2-8-22(14-17-25)11-5-20(4-10-21)6-12-23(9-3-19)15-18-26;7-3(8)1-6(13,5(11)12)2-4(9)10;/h24-26H,1-18H2;13H,1-2H2,(H,7,8)(H,9,10)(H,11,12);/q;;+3/p-3. The first-order valence-electron chi connectivity index (χ1n) is 13.3. The molecule has 0 aromatic rings. The van der Waals surface area contributed by atoms with Gasteiger partial charge in [0.1, 0.15) is 5.60 Å². The number of carbonyl (C=O) groups is 3. The van der Waals surface area contributed by atoms with E-state index in [-0.39, 0.29) is 19.8 Å². The van der Waals surface area contributed by atoms with Crippen LogP contribution in [0.15, 0.2) is 0 Å². The molecule has 0 radical (unpaired) electrons. The molecule has 40 heavy (non-hydrogen) atoms. The minimum atomic E-state index is -2.97. The van der Waals surface area contributed by atoms with E-state index in [2.05, 4.69) is 62.4 Å². The molecule has 0 atom stereocenters. The van der Waals surface area contributed by atoms with Crippen LogP contribution in [-0.4, -0.2) is 188 Å². The number of hydrogen-bond acceptors (Lipinski definition) is 15. The van der Waals surface area contributed by atoms with Crippen molar-refractivity contribution >= 4 is 75.6 Å². The van der Waals surface area contributed by atoms with Crippen LogP contribution >= 0.6 is 37.9 Å². The first kappa shape index (κ1) is 39.9. The summed E-state index contributed by atoms with van der Waals surface area (Å²) in [6, 6.07) is 0. The van der Waals surface area contributed by atoms with Gasteiger partial charge in [0.05, 0.1) is 5.97 Å². The van der Waals surface area contributed by atoms with E-state index in [4.69, 9.17) is 5.11 Å². The van der Waals surface area contributed by atoms with Crippen LogP contribution in [0.5, 0.6) is 0 Å². The molecule has 2 bridgehead atoms. The summed E-state index contributed by atoms with van der Waals surface area (Å²) < 4.78 is 0. The quantitative estimate of drug-likeness (QED) is 0.122. The Balaban J connectivity index is 0.000000925. The van der Waals surface area contributed by atoms with Gasteiger partial charge >= 0.3 is 19.8 Å². The zero-order valence-corrected chi connectivity index (χ0v) is 28.3. The maximum atomic E-state index is 10.1. The number of aliphatic hydroxyl groups is 1. The Morgan fingerprint density at radius 2 is 0.825 bits per heavy atom. The average molecular weight is 681 g/mol. The maximum absolute atomic E-state index is 10.1. The van der Waals surface area contributed by atoms with E-state index >= 15 is 0 Å². The summed E-state index contributed by atoms with van der Waals surface area (Å²) in [5.41, 5.74) is -2.97. The molecule has 3 aliphatic rings. The van der Waals surface area contributed by atoms with Gasteiger partial charge < -0.3 is 34.8 Å². The molecule has 0 saturated carbocycles. The molecule has 1 N–H and O–H groups in total. The van der Waals surface area contributed by atoms with E-state index in [1.54, 1.807) is 0 Å². The fraction of sp³-hybridized carbons (Fsp3) is 0.875. The van der Waals surface area contributed by atoms with Crippen molar-refractivity contribution in [2.45, 2.75) is 18.4 Å². The smallest absolute Gasteiger partial charge is 0.550 e. The fourth-order valence-electron chi connectivity index (χ4n) is 4.48. The van der Waals surface area contributed by atoms with E-state index in [1.165, 1.54) is 0 Å². The summed E-state index contributed by atoms with van der Waals surface area (Å²) in [6.07, 6.45) is -2.72. The average Bonchev–Trinajstić information content (AvgIpc) is 2.84. The predicted octanol–water partition coefficient (Wildman–Crippen LogP) is -5.32. The Morgan fingerprint density at radius 3 is 1.00 bits per heavy atom. The topological polar surface area (TPSA) is 157 Å². The number of fused-ring (bicyclic) bond motifs is 12. The van der Waals surface area contributed by atoms with Crippen LogP contribution in [0.4, 0.5) is 0 Å². The number of aliphatic carboxylic acids is 3. The monoisotopic (exact) mass is 679 g/mol. The zero-order valence-electron chi connectivity index (χ0n) is 23.2. The van der Waals surface area contributed by atoms with Crippen LogP contribution in [0.25, 0.3) is 0 Å². The van der Waals surface area contributed by atoms with Crippen LogP contribution in [0.1, 0.15) is 12.8 Å². The predicted molar refractivity (Wildman–Crippen MR) is 159 cm³/mol. The number of thiol groups is 3. The first-order chi connectivity index (χ1) is 18.5. The second kappa shape index (κ2) is 22.4. The van der Waals surface area contributed by atoms with Gasteiger partial charge in [-0.1, -0.05) is 0 Å². The molecule has 0 aromatic carbocycles. The Kier molecular flexibility index (Phi) is 22.3. The van der Waals surface area contributed by atoms with Gasteiger partial charge in [-0.3, -0.25) is 24.5 Å². The van der Waals surface area contributed by atoms with Gasteiger partial charge in [-0.05, 0) is 0 Å². The third kappa shape index (κ3) is 17.1. The number of carbonyl (C=O) groups excluding carboxylic acids is 3. The SMILES string of the molecule is O=C([O-])CC(O)(CC(=O)[O-])C(=O)[O-].SCCN1CCN2CCN(CCS)CCN(CC1)CCN(CCS)CC2.[Ga+3]. The molecule has 3 aliphatic heterocycles. The van der Waals surface area contributed by atoms with Gasteiger partial charge in [0.15, 0.2) is 0 Å². The van der Waals surface area contributed by atoms with E-state index in [0.717, 1.165) is 115 Å². The van der Waals surface area contributed by atoms with Gasteiger partial charge in [-0.2, -0.15) is 37.9 Å². The van der Waals surface area contributed by atoms with Gasteiger partial charge in [0, 0.05) is 140 Å². The molecule has 0 amide bonds. The van der Waals surface area contributed by atoms with E-state index in [1.807, 2.05) is 0 Å². The molecule has 3 saturated heterocycles. The molecule has 16 heteroatoms. The van der Waals surface area contributed by atoms with Crippen LogP contribution in [0, 0.1) is 0 Å². The molecular weight excluding hydrogens is 636 g/mol. The molecule has 3 fully saturated rings. The number of nitrogens with zero attached hydrogens (tertiary/aromatic N) is 5. The van der Waals surface area contributed by atoms with E-state index in [9.17, 15) is 29.7 Å². The van der Waals surface area contributed by atoms with Crippen molar-refractivity contribution in [1.29, 1.82) is 0 Å². The van der Waals surface area contributed by atoms with E-state index in [0.29, 0.717) is 0 Å². The summed E-state index contributed by atoms with van der Waals surface area (Å²) in [6.45, 7) is 17.2. The van der Waals surface area contributed by atoms with Crippen LogP contribution in [-0.2, 0) is 14.4 Å². The van der Waals surface area contributed by atoms with Gasteiger partial charge in [0.25, 0.3) is 0 Å². The molecule has 0 unspecified atom stereocenters. The molecule has 3 heterocycles. The Morgan fingerprint density at radius 1 is 0.575 bits per heavy atom. The zero-order chi connectivity index (χ0) is 29.3. The number of rotatable bonds is 11. The van der Waals surface area contributed by atoms with Crippen molar-refractivity contribution in [3.8, 4) is 0 Å². The summed E-state index contributed by atoms with van der Waals surface area (Å²) in [7, 11) is 0. The summed E-state index contributed by atoms with van der Waals surface area (Å²) in [4.78, 5) is 43.2. The minimum Gasteiger partial charge on any atom is -0.550 e. The normalized spacial score (nSPS) is 22.2. The van der Waals surface area contributed by atoms with Crippen LogP contribution in [0.2, 0.25) is 0 Å². The summed E-state index contributed by atoms with van der Waals surface area (Å²) in [5, 5.41) is 38.9. The summed E-state index contributed by atoms with van der Waals surface area (Å²) in [5.74, 6) is -3.13. The van der Waals surface area contributed by atoms with E-state index < -0.39 is 36.4 Å². The number of carboxylic acid groups (broad SMARTS) is 3. The van der Waals surface area contributed by atoms with Crippen molar-refractivity contribution in [3.05, 3.63) is 0 Å². The number of hydrogen-bond donors (Lipinski definition) is 4. The largest absolute Gasteiger partial charge is 3.00 e. The fourth-order valence-corrected chi connectivity index (χ4v) is 5.33. The van der Waals surface area contributed by atoms with Crippen molar-refractivity contribution in [2.24, 2.45) is 0 Å². The number of carboxylic acids is 3. The van der Waals surface area contributed by atoms with Crippen molar-refractivity contribution in [2.75, 3.05) is 115 Å². The van der Waals surface area contributed by atoms with Crippen LogP contribution in [0.3, 0.4) is 0 Å². The third-order valence-electron chi connectivity index (χ3n) is 6.90. The van der Waals surface area contributed by atoms with Crippen LogP contribution < -0.4 is 15.3 Å². The van der Waals surface area contributed by atoms with Gasteiger partial charge in [-0.25, -0.2) is 0 Å². The minimum absolute atomic E-state index is 0. The second-order valence-corrected chi connectivity index (χ2v) is 11.1. The Hall–Kier alpha value is -0.144. The maximum Gasteiger partial charge on any atom is 3.00 e. The van der Waals surface area contributed by atoms with Crippen molar-refractivity contribution in [1.82, 2.24) is 24.5 Å². The molecular formula is C24H44GaN5O7S3. The molecule has 228 valence electrons. The van der Waals surface area contributed by atoms with Crippen molar-refractivity contribution < 1.29 is 34.8 Å². The summed E-state index contributed by atoms with van der Waals surface area (Å²) >= 11 is 13.4. The second-order valence-electron chi connectivity index (χ2n) is 9.80.